The second kappa shape index (κ2) is 11.3. The van der Waals surface area contributed by atoms with Crippen LogP contribution in [-0.4, -0.2) is 22.3 Å². The zero-order valence-electron chi connectivity index (χ0n) is 16.1. The minimum absolute atomic E-state index is 0. The lowest BCUT2D eigenvalue weighted by Crippen LogP contribution is -2.37. The highest BCUT2D eigenvalue weighted by Crippen LogP contribution is 2.25. The van der Waals surface area contributed by atoms with Crippen LogP contribution < -0.4 is 15.4 Å². The summed E-state index contributed by atoms with van der Waals surface area (Å²) >= 11 is 0. The van der Waals surface area contributed by atoms with Crippen molar-refractivity contribution in [2.75, 3.05) is 6.54 Å². The summed E-state index contributed by atoms with van der Waals surface area (Å²) in [5.74, 6) is 2.39. The van der Waals surface area contributed by atoms with E-state index >= 15 is 0 Å². The van der Waals surface area contributed by atoms with Gasteiger partial charge in [-0.15, -0.1) is 24.0 Å². The number of rotatable bonds is 7. The van der Waals surface area contributed by atoms with Crippen LogP contribution >= 0.6 is 24.0 Å². The molecule has 0 aliphatic heterocycles. The fourth-order valence-electron chi connectivity index (χ4n) is 2.60. The minimum atomic E-state index is 0. The Kier molecular flexibility index (Phi) is 8.80. The van der Waals surface area contributed by atoms with Gasteiger partial charge in [0.05, 0.1) is 18.8 Å². The number of nitrogens with one attached hydrogen (secondary N) is 2. The number of benzene rings is 2. The summed E-state index contributed by atoms with van der Waals surface area (Å²) in [7, 11) is 1.93. The smallest absolute Gasteiger partial charge is 0.191 e. The summed E-state index contributed by atoms with van der Waals surface area (Å²) in [5.41, 5.74) is 2.12. The van der Waals surface area contributed by atoms with Crippen LogP contribution in [0.2, 0.25) is 0 Å². The topological polar surface area (TPSA) is 63.5 Å². The molecule has 0 radical (unpaired) electrons. The van der Waals surface area contributed by atoms with Gasteiger partial charge in [-0.05, 0) is 31.2 Å². The molecule has 6 nitrogen and oxygen atoms in total. The van der Waals surface area contributed by atoms with Gasteiger partial charge < -0.3 is 15.4 Å². The van der Waals surface area contributed by atoms with E-state index in [1.807, 2.05) is 79.3 Å². The van der Waals surface area contributed by atoms with Gasteiger partial charge in [-0.25, -0.2) is 4.99 Å². The maximum atomic E-state index is 6.01. The van der Waals surface area contributed by atoms with E-state index in [9.17, 15) is 0 Å². The number of nitrogens with zero attached hydrogens (tertiary/aromatic N) is 3. The lowest BCUT2D eigenvalue weighted by molar-refractivity contribution is 0.476. The van der Waals surface area contributed by atoms with E-state index < -0.39 is 0 Å². The molecular weight excluding hydrogens is 465 g/mol. The number of aryl methyl sites for hydroxylation is 1. The van der Waals surface area contributed by atoms with Gasteiger partial charge in [-0.1, -0.05) is 36.4 Å². The fraction of sp³-hybridized carbons (Fsp3) is 0.238. The zero-order valence-corrected chi connectivity index (χ0v) is 18.5. The Morgan fingerprint density at radius 3 is 2.50 bits per heavy atom. The van der Waals surface area contributed by atoms with Gasteiger partial charge in [0.1, 0.15) is 11.5 Å². The van der Waals surface area contributed by atoms with Crippen LogP contribution in [0.1, 0.15) is 18.2 Å². The molecule has 0 aliphatic carbocycles. The Bertz CT molecular complexity index is 879. The largest absolute Gasteiger partial charge is 0.457 e. The Morgan fingerprint density at radius 2 is 1.79 bits per heavy atom. The maximum Gasteiger partial charge on any atom is 0.191 e. The van der Waals surface area contributed by atoms with Crippen molar-refractivity contribution in [1.29, 1.82) is 0 Å². The number of halogens is 1. The molecule has 0 amide bonds. The first kappa shape index (κ1) is 21.7. The predicted octanol–water partition coefficient (Wildman–Crippen LogP) is 4.09. The van der Waals surface area contributed by atoms with Crippen molar-refractivity contribution in [3.05, 3.63) is 78.1 Å². The summed E-state index contributed by atoms with van der Waals surface area (Å²) in [6.07, 6.45) is 1.79. The van der Waals surface area contributed by atoms with Crippen molar-refractivity contribution in [3.8, 4) is 11.5 Å². The van der Waals surface area contributed by atoms with Gasteiger partial charge in [0.25, 0.3) is 0 Å². The van der Waals surface area contributed by atoms with Gasteiger partial charge >= 0.3 is 0 Å². The van der Waals surface area contributed by atoms with E-state index in [1.165, 1.54) is 0 Å². The lowest BCUT2D eigenvalue weighted by Gasteiger charge is -2.13. The van der Waals surface area contributed by atoms with E-state index in [0.717, 1.165) is 35.3 Å². The predicted molar refractivity (Wildman–Crippen MR) is 123 cm³/mol. The molecule has 0 bridgehead atoms. The molecule has 0 saturated heterocycles. The third kappa shape index (κ3) is 6.26. The molecule has 2 N–H and O–H groups in total. The summed E-state index contributed by atoms with van der Waals surface area (Å²) in [4.78, 5) is 4.70. The maximum absolute atomic E-state index is 6.01. The Balaban J connectivity index is 0.00000280. The highest BCUT2D eigenvalue weighted by atomic mass is 127. The number of aliphatic imine (C=N–C) groups is 1. The average molecular weight is 491 g/mol. The van der Waals surface area contributed by atoms with Gasteiger partial charge in [-0.3, -0.25) is 4.68 Å². The first-order chi connectivity index (χ1) is 13.3. The molecular formula is C21H26IN5O. The van der Waals surface area contributed by atoms with Crippen molar-refractivity contribution in [2.24, 2.45) is 12.0 Å². The SMILES string of the molecule is CCNC(=NCc1ccccc1Oc1ccccc1)NCc1ccnn1C.I. The van der Waals surface area contributed by atoms with Crippen molar-refractivity contribution in [2.45, 2.75) is 20.0 Å². The normalized spacial score (nSPS) is 10.9. The van der Waals surface area contributed by atoms with Crippen LogP contribution in [0.5, 0.6) is 11.5 Å². The van der Waals surface area contributed by atoms with E-state index in [-0.39, 0.29) is 24.0 Å². The third-order valence-corrected chi connectivity index (χ3v) is 4.05. The molecule has 0 saturated carbocycles. The molecule has 1 heterocycles. The molecule has 3 rings (SSSR count). The van der Waals surface area contributed by atoms with Gasteiger partial charge in [0.15, 0.2) is 5.96 Å². The number of guanidine groups is 1. The Morgan fingerprint density at radius 1 is 1.04 bits per heavy atom. The standard InChI is InChI=1S/C21H25N5O.HI/c1-3-22-21(24-16-18-13-14-25-26(18)2)23-15-17-9-7-8-12-20(17)27-19-10-5-4-6-11-19;/h4-14H,3,15-16H2,1-2H3,(H2,22,23,24);1H. The second-order valence-corrected chi connectivity index (χ2v) is 6.02. The molecule has 28 heavy (non-hydrogen) atoms. The van der Waals surface area contributed by atoms with Crippen LogP contribution in [0.15, 0.2) is 71.9 Å². The van der Waals surface area contributed by atoms with Crippen LogP contribution in [0.3, 0.4) is 0 Å². The van der Waals surface area contributed by atoms with Crippen molar-refractivity contribution in [3.63, 3.8) is 0 Å². The molecule has 1 aromatic heterocycles. The van der Waals surface area contributed by atoms with E-state index in [1.54, 1.807) is 6.20 Å². The van der Waals surface area contributed by atoms with E-state index in [4.69, 9.17) is 9.73 Å². The van der Waals surface area contributed by atoms with E-state index in [2.05, 4.69) is 15.7 Å². The first-order valence-corrected chi connectivity index (χ1v) is 9.06. The number of hydrogen-bond acceptors (Lipinski definition) is 3. The van der Waals surface area contributed by atoms with Crippen LogP contribution in [0, 0.1) is 0 Å². The number of hydrogen-bond donors (Lipinski definition) is 2. The first-order valence-electron chi connectivity index (χ1n) is 9.06. The van der Waals surface area contributed by atoms with Gasteiger partial charge in [-0.2, -0.15) is 5.10 Å². The van der Waals surface area contributed by atoms with Crippen LogP contribution in [0.4, 0.5) is 0 Å². The molecule has 0 atom stereocenters. The molecule has 7 heteroatoms. The second-order valence-electron chi connectivity index (χ2n) is 6.02. The Labute approximate surface area is 183 Å². The fourth-order valence-corrected chi connectivity index (χ4v) is 2.60. The quantitative estimate of drug-likeness (QED) is 0.297. The molecule has 0 spiro atoms. The van der Waals surface area contributed by atoms with E-state index in [0.29, 0.717) is 13.1 Å². The lowest BCUT2D eigenvalue weighted by atomic mass is 10.2. The van der Waals surface area contributed by atoms with Crippen LogP contribution in [0.25, 0.3) is 0 Å². The van der Waals surface area contributed by atoms with Gasteiger partial charge in [0, 0.05) is 25.4 Å². The summed E-state index contributed by atoms with van der Waals surface area (Å²) in [6, 6.07) is 19.7. The summed E-state index contributed by atoms with van der Waals surface area (Å²) < 4.78 is 7.86. The average Bonchev–Trinajstić information content (AvgIpc) is 3.11. The highest BCUT2D eigenvalue weighted by Gasteiger charge is 2.06. The monoisotopic (exact) mass is 491 g/mol. The number of para-hydroxylation sites is 2. The highest BCUT2D eigenvalue weighted by molar-refractivity contribution is 14.0. The number of aromatic nitrogens is 2. The molecule has 0 aliphatic rings. The van der Waals surface area contributed by atoms with Gasteiger partial charge in [0.2, 0.25) is 0 Å². The van der Waals surface area contributed by atoms with Crippen molar-refractivity contribution < 1.29 is 4.74 Å². The molecule has 2 aromatic carbocycles. The van der Waals surface area contributed by atoms with Crippen molar-refractivity contribution in [1.82, 2.24) is 20.4 Å². The van der Waals surface area contributed by atoms with Crippen LogP contribution in [-0.2, 0) is 20.1 Å². The molecule has 3 aromatic rings. The number of ether oxygens (including phenoxy) is 1. The molecule has 148 valence electrons. The third-order valence-electron chi connectivity index (χ3n) is 4.05. The summed E-state index contributed by atoms with van der Waals surface area (Å²) in [6.45, 7) is 4.02. The summed E-state index contributed by atoms with van der Waals surface area (Å²) in [5, 5.41) is 10.8. The Hall–Kier alpha value is -2.55. The minimum Gasteiger partial charge on any atom is -0.457 e. The zero-order chi connectivity index (χ0) is 18.9. The molecule has 0 unspecified atom stereocenters. The van der Waals surface area contributed by atoms with Crippen molar-refractivity contribution >= 4 is 29.9 Å². The molecule has 0 fully saturated rings.